The number of nitrogens with one attached hydrogen (secondary N) is 1. The van der Waals surface area contributed by atoms with Crippen molar-refractivity contribution in [3.63, 3.8) is 0 Å². The molecule has 1 aromatic rings. The number of rotatable bonds is 6. The van der Waals surface area contributed by atoms with Gasteiger partial charge < -0.3 is 5.32 Å². The Morgan fingerprint density at radius 2 is 1.78 bits per heavy atom. The molecule has 1 nitrogen and oxygen atoms in total. The molecule has 18 heavy (non-hydrogen) atoms. The highest BCUT2D eigenvalue weighted by Crippen LogP contribution is 2.27. The van der Waals surface area contributed by atoms with E-state index in [4.69, 9.17) is 0 Å². The van der Waals surface area contributed by atoms with Gasteiger partial charge in [-0.2, -0.15) is 0 Å². The first-order valence-corrected chi connectivity index (χ1v) is 6.45. The minimum atomic E-state index is -0.467. The Morgan fingerprint density at radius 3 is 2.39 bits per heavy atom. The first-order chi connectivity index (χ1) is 8.35. The Hall–Kier alpha value is -0.960. The van der Waals surface area contributed by atoms with E-state index in [0.717, 1.165) is 25.5 Å². The molecule has 0 saturated heterocycles. The molecule has 0 fully saturated rings. The first kappa shape index (κ1) is 15.1. The second-order valence-electron chi connectivity index (χ2n) is 5.71. The van der Waals surface area contributed by atoms with Crippen molar-refractivity contribution in [2.45, 2.75) is 40.0 Å². The van der Waals surface area contributed by atoms with Crippen LogP contribution in [0.1, 0.15) is 37.8 Å². The summed E-state index contributed by atoms with van der Waals surface area (Å²) in [6.07, 6.45) is 2.60. The summed E-state index contributed by atoms with van der Waals surface area (Å²) in [6, 6.07) is 2.62. The van der Waals surface area contributed by atoms with Crippen molar-refractivity contribution in [1.29, 1.82) is 0 Å². The van der Waals surface area contributed by atoms with E-state index in [1.807, 2.05) is 7.05 Å². The predicted molar refractivity (Wildman–Crippen MR) is 71.7 cm³/mol. The summed E-state index contributed by atoms with van der Waals surface area (Å²) in [6.45, 7) is 6.99. The third-order valence-corrected chi connectivity index (χ3v) is 3.45. The first-order valence-electron chi connectivity index (χ1n) is 6.45. The zero-order chi connectivity index (χ0) is 13.8. The van der Waals surface area contributed by atoms with E-state index in [2.05, 4.69) is 19.2 Å². The molecule has 1 N–H and O–H groups in total. The van der Waals surface area contributed by atoms with Crippen LogP contribution in [0.5, 0.6) is 0 Å². The monoisotopic (exact) mass is 255 g/mol. The Morgan fingerprint density at radius 1 is 1.11 bits per heavy atom. The van der Waals surface area contributed by atoms with Gasteiger partial charge in [0.15, 0.2) is 0 Å². The predicted octanol–water partition coefficient (Wildman–Crippen LogP) is 3.84. The van der Waals surface area contributed by atoms with Gasteiger partial charge in [0, 0.05) is 6.07 Å². The fourth-order valence-corrected chi connectivity index (χ4v) is 1.97. The molecule has 0 aliphatic rings. The van der Waals surface area contributed by atoms with Gasteiger partial charge in [-0.1, -0.05) is 19.9 Å². The second kappa shape index (κ2) is 6.28. The fourth-order valence-electron chi connectivity index (χ4n) is 1.97. The van der Waals surface area contributed by atoms with Crippen LogP contribution in [0.2, 0.25) is 0 Å². The molecule has 1 aromatic carbocycles. The van der Waals surface area contributed by atoms with Gasteiger partial charge in [0.05, 0.1) is 0 Å². The largest absolute Gasteiger partial charge is 0.320 e. The van der Waals surface area contributed by atoms with Crippen molar-refractivity contribution < 1.29 is 8.78 Å². The molecule has 0 atom stereocenters. The van der Waals surface area contributed by atoms with Crippen LogP contribution in [0.4, 0.5) is 8.78 Å². The second-order valence-corrected chi connectivity index (χ2v) is 5.71. The third kappa shape index (κ3) is 4.37. The van der Waals surface area contributed by atoms with Crippen LogP contribution < -0.4 is 5.32 Å². The molecule has 0 spiro atoms. The molecule has 3 heteroatoms. The smallest absolute Gasteiger partial charge is 0.129 e. The van der Waals surface area contributed by atoms with E-state index in [0.29, 0.717) is 17.5 Å². The van der Waals surface area contributed by atoms with Crippen LogP contribution >= 0.6 is 0 Å². The summed E-state index contributed by atoms with van der Waals surface area (Å²) in [4.78, 5) is 0. The van der Waals surface area contributed by atoms with E-state index >= 15 is 0 Å². The molecule has 0 amide bonds. The van der Waals surface area contributed by atoms with Gasteiger partial charge in [0.25, 0.3) is 0 Å². The summed E-state index contributed by atoms with van der Waals surface area (Å²) >= 11 is 0. The Bertz CT molecular complexity index is 400. The van der Waals surface area contributed by atoms with Crippen molar-refractivity contribution in [1.82, 2.24) is 5.32 Å². The maximum absolute atomic E-state index is 13.6. The molecular weight excluding hydrogens is 232 g/mol. The lowest BCUT2D eigenvalue weighted by atomic mass is 9.83. The lowest BCUT2D eigenvalue weighted by Crippen LogP contribution is -2.20. The lowest BCUT2D eigenvalue weighted by Gasteiger charge is -2.24. The van der Waals surface area contributed by atoms with E-state index < -0.39 is 11.6 Å². The van der Waals surface area contributed by atoms with Crippen LogP contribution in [-0.2, 0) is 6.42 Å². The van der Waals surface area contributed by atoms with Crippen molar-refractivity contribution in [2.24, 2.45) is 5.41 Å². The highest BCUT2D eigenvalue weighted by atomic mass is 19.1. The minimum Gasteiger partial charge on any atom is -0.320 e. The van der Waals surface area contributed by atoms with Crippen LogP contribution in [0.25, 0.3) is 0 Å². The molecular formula is C15H23F2N. The number of hydrogen-bond acceptors (Lipinski definition) is 1. The van der Waals surface area contributed by atoms with Gasteiger partial charge in [-0.15, -0.1) is 0 Å². The molecule has 1 rings (SSSR count). The fraction of sp³-hybridized carbons (Fsp3) is 0.600. The molecule has 0 bridgehead atoms. The van der Waals surface area contributed by atoms with Crippen LogP contribution in [-0.4, -0.2) is 13.6 Å². The lowest BCUT2D eigenvalue weighted by molar-refractivity contribution is 0.304. The maximum Gasteiger partial charge on any atom is 0.129 e. The molecule has 0 aromatic heterocycles. The van der Waals surface area contributed by atoms with Crippen molar-refractivity contribution in [3.8, 4) is 0 Å². The summed E-state index contributed by atoms with van der Waals surface area (Å²) in [5.74, 6) is -0.895. The van der Waals surface area contributed by atoms with Gasteiger partial charge in [-0.25, -0.2) is 8.78 Å². The Kier molecular flexibility index (Phi) is 5.27. The van der Waals surface area contributed by atoms with Crippen molar-refractivity contribution in [3.05, 3.63) is 34.9 Å². The number of aryl methyl sites for hydroxylation is 2. The van der Waals surface area contributed by atoms with E-state index in [1.54, 1.807) is 13.0 Å². The van der Waals surface area contributed by atoms with Crippen LogP contribution in [0.3, 0.4) is 0 Å². The van der Waals surface area contributed by atoms with E-state index in [-0.39, 0.29) is 5.41 Å². The molecule has 0 radical (unpaired) electrons. The van der Waals surface area contributed by atoms with Gasteiger partial charge in [0.2, 0.25) is 0 Å². The van der Waals surface area contributed by atoms with Crippen LogP contribution in [0, 0.1) is 24.0 Å². The molecule has 0 unspecified atom stereocenters. The van der Waals surface area contributed by atoms with Crippen molar-refractivity contribution in [2.75, 3.05) is 13.6 Å². The Labute approximate surface area is 109 Å². The highest BCUT2D eigenvalue weighted by molar-refractivity contribution is 5.25. The molecule has 0 saturated carbocycles. The van der Waals surface area contributed by atoms with Crippen molar-refractivity contribution >= 4 is 0 Å². The van der Waals surface area contributed by atoms with Gasteiger partial charge in [-0.05, 0) is 56.3 Å². The average molecular weight is 255 g/mol. The van der Waals surface area contributed by atoms with E-state index in [1.165, 1.54) is 0 Å². The number of hydrogen-bond donors (Lipinski definition) is 1. The quantitative estimate of drug-likeness (QED) is 0.814. The molecule has 0 aliphatic carbocycles. The normalized spacial score (nSPS) is 11.9. The van der Waals surface area contributed by atoms with Gasteiger partial charge in [0.1, 0.15) is 11.6 Å². The highest BCUT2D eigenvalue weighted by Gasteiger charge is 2.18. The summed E-state index contributed by atoms with van der Waals surface area (Å²) in [5.41, 5.74) is 1.29. The summed E-state index contributed by atoms with van der Waals surface area (Å²) in [7, 11) is 1.93. The number of halogens is 2. The summed E-state index contributed by atoms with van der Waals surface area (Å²) < 4.78 is 26.8. The molecule has 102 valence electrons. The Balaban J connectivity index is 2.66. The van der Waals surface area contributed by atoms with Crippen LogP contribution in [0.15, 0.2) is 12.1 Å². The minimum absolute atomic E-state index is 0.164. The average Bonchev–Trinajstić information content (AvgIpc) is 2.30. The van der Waals surface area contributed by atoms with Gasteiger partial charge >= 0.3 is 0 Å². The molecule has 0 heterocycles. The zero-order valence-corrected chi connectivity index (χ0v) is 11.7. The van der Waals surface area contributed by atoms with Gasteiger partial charge in [-0.3, -0.25) is 0 Å². The standard InChI is InChI=1S/C15H23F2N/c1-11-9-12(14(17)10-13(11)16)5-6-15(2,3)7-8-18-4/h9-10,18H,5-8H2,1-4H3. The number of benzene rings is 1. The molecule has 0 aliphatic heterocycles. The zero-order valence-electron chi connectivity index (χ0n) is 11.7. The van der Waals surface area contributed by atoms with E-state index in [9.17, 15) is 8.78 Å². The SMILES string of the molecule is CNCCC(C)(C)CCc1cc(C)c(F)cc1F. The maximum atomic E-state index is 13.6. The topological polar surface area (TPSA) is 12.0 Å². The third-order valence-electron chi connectivity index (χ3n) is 3.45. The summed E-state index contributed by atoms with van der Waals surface area (Å²) in [5, 5.41) is 3.13.